The summed E-state index contributed by atoms with van der Waals surface area (Å²) in [5, 5.41) is 10.4. The van der Waals surface area contributed by atoms with E-state index in [-0.39, 0.29) is 19.2 Å². The number of aliphatic hydroxyl groups excluding tert-OH is 1. The van der Waals surface area contributed by atoms with Crippen molar-refractivity contribution in [1.82, 2.24) is 4.90 Å². The Morgan fingerprint density at radius 2 is 2.10 bits per heavy atom. The molecule has 1 rings (SSSR count). The Kier molecular flexibility index (Phi) is 6.53. The number of hydrogen-bond acceptors (Lipinski definition) is 3. The van der Waals surface area contributed by atoms with E-state index in [0.717, 1.165) is 10.4 Å². The summed E-state index contributed by atoms with van der Waals surface area (Å²) in [6.45, 7) is 2.87. The Bertz CT molecular complexity index is 471. The fraction of sp³-hybridized carbons (Fsp3) is 0.571. The van der Waals surface area contributed by atoms with Gasteiger partial charge in [-0.15, -0.1) is 11.3 Å². The quantitative estimate of drug-likeness (QED) is 0.844. The summed E-state index contributed by atoms with van der Waals surface area (Å²) < 4.78 is 37.5. The van der Waals surface area contributed by atoms with Gasteiger partial charge in [-0.2, -0.15) is 13.2 Å². The minimum Gasteiger partial charge on any atom is -0.395 e. The molecule has 6 heteroatoms. The maximum atomic E-state index is 12.5. The standard InChI is InChI=1S/C14H18F3NOS/c1-11(2)18(10-14(15,16)17)8-13-7-12(9-20-13)5-3-4-6-19/h7,9,11,19H,4,6,8,10H2,1-2H3. The van der Waals surface area contributed by atoms with Crippen molar-refractivity contribution in [2.75, 3.05) is 13.2 Å². The minimum absolute atomic E-state index is 0.0106. The Morgan fingerprint density at radius 1 is 1.40 bits per heavy atom. The van der Waals surface area contributed by atoms with Gasteiger partial charge in [-0.1, -0.05) is 11.8 Å². The molecule has 1 aromatic rings. The molecule has 0 spiro atoms. The van der Waals surface area contributed by atoms with Crippen LogP contribution in [0, 0.1) is 11.8 Å². The van der Waals surface area contributed by atoms with Crippen LogP contribution in [0.5, 0.6) is 0 Å². The van der Waals surface area contributed by atoms with Gasteiger partial charge in [0, 0.05) is 34.8 Å². The molecule has 112 valence electrons. The zero-order valence-electron chi connectivity index (χ0n) is 11.5. The molecule has 20 heavy (non-hydrogen) atoms. The zero-order valence-corrected chi connectivity index (χ0v) is 12.3. The van der Waals surface area contributed by atoms with Gasteiger partial charge >= 0.3 is 6.18 Å². The second kappa shape index (κ2) is 7.67. The van der Waals surface area contributed by atoms with Gasteiger partial charge < -0.3 is 5.11 Å². The number of hydrogen-bond donors (Lipinski definition) is 1. The van der Waals surface area contributed by atoms with Crippen LogP contribution in [0.25, 0.3) is 0 Å². The van der Waals surface area contributed by atoms with E-state index >= 15 is 0 Å². The van der Waals surface area contributed by atoms with Crippen LogP contribution < -0.4 is 0 Å². The van der Waals surface area contributed by atoms with Gasteiger partial charge in [-0.05, 0) is 19.9 Å². The lowest BCUT2D eigenvalue weighted by molar-refractivity contribution is -0.150. The maximum Gasteiger partial charge on any atom is 0.401 e. The highest BCUT2D eigenvalue weighted by molar-refractivity contribution is 7.10. The molecule has 0 aliphatic carbocycles. The molecule has 0 atom stereocenters. The van der Waals surface area contributed by atoms with Crippen LogP contribution in [-0.2, 0) is 6.54 Å². The molecule has 2 nitrogen and oxygen atoms in total. The largest absolute Gasteiger partial charge is 0.401 e. The summed E-state index contributed by atoms with van der Waals surface area (Å²) in [5.74, 6) is 5.67. The first kappa shape index (κ1) is 17.0. The Balaban J connectivity index is 2.68. The van der Waals surface area contributed by atoms with Crippen LogP contribution in [-0.4, -0.2) is 35.4 Å². The van der Waals surface area contributed by atoms with E-state index in [1.165, 1.54) is 16.2 Å². The van der Waals surface area contributed by atoms with Crippen LogP contribution in [0.4, 0.5) is 13.2 Å². The lowest BCUT2D eigenvalue weighted by Gasteiger charge is -2.26. The van der Waals surface area contributed by atoms with E-state index in [1.54, 1.807) is 19.9 Å². The predicted molar refractivity (Wildman–Crippen MR) is 74.5 cm³/mol. The molecule has 0 fully saturated rings. The van der Waals surface area contributed by atoms with Crippen molar-refractivity contribution in [3.8, 4) is 11.8 Å². The topological polar surface area (TPSA) is 23.5 Å². The molecule has 0 aliphatic heterocycles. The number of halogens is 3. The summed E-state index contributed by atoms with van der Waals surface area (Å²) in [7, 11) is 0. The fourth-order valence-corrected chi connectivity index (χ4v) is 2.44. The molecule has 0 radical (unpaired) electrons. The van der Waals surface area contributed by atoms with Crippen LogP contribution >= 0.6 is 11.3 Å². The van der Waals surface area contributed by atoms with Crippen molar-refractivity contribution in [3.63, 3.8) is 0 Å². The lowest BCUT2D eigenvalue weighted by Crippen LogP contribution is -2.38. The van der Waals surface area contributed by atoms with E-state index < -0.39 is 12.7 Å². The highest BCUT2D eigenvalue weighted by atomic mass is 32.1. The molecule has 0 saturated carbocycles. The molecule has 1 heterocycles. The molecule has 1 aromatic heterocycles. The molecule has 0 aromatic carbocycles. The predicted octanol–water partition coefficient (Wildman–Crippen LogP) is 3.25. The van der Waals surface area contributed by atoms with Crippen molar-refractivity contribution >= 4 is 11.3 Å². The van der Waals surface area contributed by atoms with E-state index in [0.29, 0.717) is 6.42 Å². The van der Waals surface area contributed by atoms with E-state index in [4.69, 9.17) is 5.11 Å². The third-order valence-electron chi connectivity index (χ3n) is 2.59. The molecule has 0 aliphatic rings. The van der Waals surface area contributed by atoms with E-state index in [9.17, 15) is 13.2 Å². The Hall–Kier alpha value is -1.03. The summed E-state index contributed by atoms with van der Waals surface area (Å²) >= 11 is 1.41. The van der Waals surface area contributed by atoms with Gasteiger partial charge in [-0.25, -0.2) is 0 Å². The second-order valence-corrected chi connectivity index (χ2v) is 5.69. The first-order valence-electron chi connectivity index (χ1n) is 6.30. The molecular weight excluding hydrogens is 287 g/mol. The smallest absolute Gasteiger partial charge is 0.395 e. The van der Waals surface area contributed by atoms with Gasteiger partial charge in [0.2, 0.25) is 0 Å². The monoisotopic (exact) mass is 305 g/mol. The molecule has 0 unspecified atom stereocenters. The summed E-state index contributed by atoms with van der Waals surface area (Å²) in [6, 6.07) is 1.63. The van der Waals surface area contributed by atoms with Crippen molar-refractivity contribution in [1.29, 1.82) is 0 Å². The summed E-state index contributed by atoms with van der Waals surface area (Å²) in [4.78, 5) is 2.24. The summed E-state index contributed by atoms with van der Waals surface area (Å²) in [5.41, 5.74) is 0.786. The van der Waals surface area contributed by atoms with Crippen molar-refractivity contribution in [3.05, 3.63) is 21.9 Å². The van der Waals surface area contributed by atoms with Gasteiger partial charge in [-0.3, -0.25) is 4.90 Å². The minimum atomic E-state index is -4.19. The normalized spacial score (nSPS) is 11.8. The van der Waals surface area contributed by atoms with Gasteiger partial charge in [0.1, 0.15) is 0 Å². The van der Waals surface area contributed by atoms with Crippen LogP contribution in [0.3, 0.4) is 0 Å². The second-order valence-electron chi connectivity index (χ2n) is 4.69. The molecule has 0 saturated heterocycles. The van der Waals surface area contributed by atoms with Crippen molar-refractivity contribution in [2.45, 2.75) is 39.0 Å². The molecule has 1 N–H and O–H groups in total. The SMILES string of the molecule is CC(C)N(Cc1cc(C#CCCO)cs1)CC(F)(F)F. The first-order chi connectivity index (χ1) is 9.31. The number of alkyl halides is 3. The number of nitrogens with zero attached hydrogens (tertiary/aromatic N) is 1. The van der Waals surface area contributed by atoms with Crippen molar-refractivity contribution in [2.24, 2.45) is 0 Å². The highest BCUT2D eigenvalue weighted by Gasteiger charge is 2.31. The number of thiophene rings is 1. The van der Waals surface area contributed by atoms with Crippen LogP contribution in [0.1, 0.15) is 30.7 Å². The summed E-state index contributed by atoms with van der Waals surface area (Å²) in [6.07, 6.45) is -3.79. The number of aliphatic hydroxyl groups is 1. The molecular formula is C14H18F3NOS. The maximum absolute atomic E-state index is 12.5. The third kappa shape index (κ3) is 6.42. The average molecular weight is 305 g/mol. The molecule has 0 bridgehead atoms. The zero-order chi connectivity index (χ0) is 15.2. The lowest BCUT2D eigenvalue weighted by atomic mass is 10.2. The van der Waals surface area contributed by atoms with E-state index in [2.05, 4.69) is 11.8 Å². The molecule has 0 amide bonds. The van der Waals surface area contributed by atoms with Crippen molar-refractivity contribution < 1.29 is 18.3 Å². The Labute approximate surface area is 121 Å². The van der Waals surface area contributed by atoms with Gasteiger partial charge in [0.25, 0.3) is 0 Å². The third-order valence-corrected chi connectivity index (χ3v) is 3.52. The number of rotatable bonds is 5. The Morgan fingerprint density at radius 3 is 2.65 bits per heavy atom. The fourth-order valence-electron chi connectivity index (χ4n) is 1.60. The first-order valence-corrected chi connectivity index (χ1v) is 7.17. The average Bonchev–Trinajstić information content (AvgIpc) is 2.74. The van der Waals surface area contributed by atoms with Gasteiger partial charge in [0.05, 0.1) is 13.2 Å². The van der Waals surface area contributed by atoms with Crippen LogP contribution in [0.15, 0.2) is 11.4 Å². The van der Waals surface area contributed by atoms with Crippen LogP contribution in [0.2, 0.25) is 0 Å². The van der Waals surface area contributed by atoms with E-state index in [1.807, 2.05) is 5.38 Å². The highest BCUT2D eigenvalue weighted by Crippen LogP contribution is 2.22. The van der Waals surface area contributed by atoms with Gasteiger partial charge in [0.15, 0.2) is 0 Å².